The lowest BCUT2D eigenvalue weighted by molar-refractivity contribution is -0.128. The minimum Gasteiger partial charge on any atom is -0.462 e. The summed E-state index contributed by atoms with van der Waals surface area (Å²) < 4.78 is 16.1. The number of hydrogen-bond acceptors (Lipinski definition) is 8. The maximum Gasteiger partial charge on any atom is 0.338 e. The minimum atomic E-state index is -0.462. The maximum atomic E-state index is 12.4. The molecule has 3 aromatic carbocycles. The Morgan fingerprint density at radius 1 is 0.659 bits per heavy atom. The Kier molecular flexibility index (Phi) is 14.5. The Balaban J connectivity index is 1.24. The van der Waals surface area contributed by atoms with Crippen LogP contribution in [0.4, 0.5) is 11.4 Å². The Morgan fingerprint density at radius 3 is 1.82 bits per heavy atom. The van der Waals surface area contributed by atoms with Gasteiger partial charge in [-0.2, -0.15) is 0 Å². The molecule has 0 unspecified atom stereocenters. The number of nitrogen functional groups attached to an aromatic ring is 2. The number of aryl methyl sites for hydroxylation is 1. The van der Waals surface area contributed by atoms with Crippen LogP contribution in [0.2, 0.25) is 0 Å². The summed E-state index contributed by atoms with van der Waals surface area (Å²) in [6, 6.07) is 19.2. The standard InChI is InChI=1S/C36H44N2O6/c1-2-3-8-11-27-14-19-33(20-15-27)44-34(39)21-16-28-12-17-29(18-13-28)35(40)42-22-9-6-4-5-7-10-23-43-36(41)30-24-31(37)26-32(38)25-30/h12-21,24-26H,2-11,22-23,37-38H2,1H3/b21-16+. The number of carbonyl (C=O) groups excluding carboxylic acids is 3. The molecule has 4 N–H and O–H groups in total. The van der Waals surface area contributed by atoms with Gasteiger partial charge in [0, 0.05) is 17.5 Å². The molecule has 44 heavy (non-hydrogen) atoms. The van der Waals surface area contributed by atoms with Crippen molar-refractivity contribution >= 4 is 35.4 Å². The van der Waals surface area contributed by atoms with Gasteiger partial charge in [-0.3, -0.25) is 0 Å². The van der Waals surface area contributed by atoms with E-state index in [-0.39, 0.29) is 5.97 Å². The number of esters is 3. The van der Waals surface area contributed by atoms with Gasteiger partial charge in [0.05, 0.1) is 24.3 Å². The summed E-state index contributed by atoms with van der Waals surface area (Å²) in [5.74, 6) is -0.749. The van der Waals surface area contributed by atoms with Gasteiger partial charge in [0.1, 0.15) is 5.75 Å². The van der Waals surface area contributed by atoms with E-state index in [1.54, 1.807) is 48.5 Å². The molecule has 8 heteroatoms. The van der Waals surface area contributed by atoms with Gasteiger partial charge in [-0.25, -0.2) is 14.4 Å². The van der Waals surface area contributed by atoms with Gasteiger partial charge in [-0.05, 0) is 85.4 Å². The molecule has 3 rings (SSSR count). The van der Waals surface area contributed by atoms with Crippen LogP contribution >= 0.6 is 0 Å². The predicted octanol–water partition coefficient (Wildman–Crippen LogP) is 7.56. The number of ether oxygens (including phenoxy) is 3. The van der Waals surface area contributed by atoms with E-state index in [1.807, 2.05) is 24.3 Å². The molecule has 3 aromatic rings. The Bertz CT molecular complexity index is 1350. The first-order chi connectivity index (χ1) is 21.3. The van der Waals surface area contributed by atoms with Gasteiger partial charge in [0.2, 0.25) is 0 Å². The molecule has 0 bridgehead atoms. The lowest BCUT2D eigenvalue weighted by atomic mass is 10.1. The van der Waals surface area contributed by atoms with Crippen molar-refractivity contribution < 1.29 is 28.6 Å². The van der Waals surface area contributed by atoms with Crippen LogP contribution < -0.4 is 16.2 Å². The zero-order chi connectivity index (χ0) is 31.6. The third-order valence-electron chi connectivity index (χ3n) is 6.99. The smallest absolute Gasteiger partial charge is 0.338 e. The molecule has 0 saturated heterocycles. The summed E-state index contributed by atoms with van der Waals surface area (Å²) >= 11 is 0. The lowest BCUT2D eigenvalue weighted by Crippen LogP contribution is -2.08. The second-order valence-corrected chi connectivity index (χ2v) is 10.8. The van der Waals surface area contributed by atoms with Crippen molar-refractivity contribution in [3.8, 4) is 5.75 Å². The minimum absolute atomic E-state index is 0.345. The number of unbranched alkanes of at least 4 members (excludes halogenated alkanes) is 7. The van der Waals surface area contributed by atoms with Crippen molar-refractivity contribution in [1.29, 1.82) is 0 Å². The SMILES string of the molecule is CCCCCc1ccc(OC(=O)/C=C/c2ccc(C(=O)OCCCCCCCCOC(=O)c3cc(N)cc(N)c3)cc2)cc1. The monoisotopic (exact) mass is 600 g/mol. The largest absolute Gasteiger partial charge is 0.462 e. The van der Waals surface area contributed by atoms with E-state index in [4.69, 9.17) is 25.7 Å². The molecule has 0 aliphatic rings. The van der Waals surface area contributed by atoms with Crippen molar-refractivity contribution in [3.63, 3.8) is 0 Å². The summed E-state index contributed by atoms with van der Waals surface area (Å²) in [6.45, 7) is 2.88. The summed E-state index contributed by atoms with van der Waals surface area (Å²) in [7, 11) is 0. The van der Waals surface area contributed by atoms with Crippen LogP contribution in [0.3, 0.4) is 0 Å². The molecule has 0 aliphatic carbocycles. The van der Waals surface area contributed by atoms with Crippen molar-refractivity contribution in [3.05, 3.63) is 95.1 Å². The highest BCUT2D eigenvalue weighted by Crippen LogP contribution is 2.17. The van der Waals surface area contributed by atoms with Crippen LogP contribution in [-0.2, 0) is 20.7 Å². The average Bonchev–Trinajstić information content (AvgIpc) is 3.01. The van der Waals surface area contributed by atoms with Crippen molar-refractivity contribution in [2.75, 3.05) is 24.7 Å². The maximum absolute atomic E-state index is 12.4. The van der Waals surface area contributed by atoms with Crippen LogP contribution in [0.25, 0.3) is 6.08 Å². The number of carbonyl (C=O) groups is 3. The molecule has 0 aliphatic heterocycles. The molecular formula is C36H44N2O6. The first-order valence-corrected chi connectivity index (χ1v) is 15.4. The summed E-state index contributed by atoms with van der Waals surface area (Å²) in [4.78, 5) is 36.6. The van der Waals surface area contributed by atoms with E-state index < -0.39 is 11.9 Å². The molecule has 0 radical (unpaired) electrons. The Hall–Kier alpha value is -4.59. The first kappa shape index (κ1) is 33.9. The lowest BCUT2D eigenvalue weighted by Gasteiger charge is -2.07. The molecule has 0 spiro atoms. The number of benzene rings is 3. The fraction of sp³-hybridized carbons (Fsp3) is 0.361. The molecule has 0 atom stereocenters. The molecule has 8 nitrogen and oxygen atoms in total. The fourth-order valence-corrected chi connectivity index (χ4v) is 4.55. The van der Waals surface area contributed by atoms with Crippen molar-refractivity contribution in [2.45, 2.75) is 71.1 Å². The van der Waals surface area contributed by atoms with E-state index in [0.29, 0.717) is 41.5 Å². The average molecular weight is 601 g/mol. The van der Waals surface area contributed by atoms with Gasteiger partial charge in [0.15, 0.2) is 0 Å². The summed E-state index contributed by atoms with van der Waals surface area (Å²) in [6.07, 6.45) is 13.0. The normalized spacial score (nSPS) is 10.9. The van der Waals surface area contributed by atoms with Crippen LogP contribution in [0.15, 0.2) is 72.8 Å². The molecule has 0 fully saturated rings. The van der Waals surface area contributed by atoms with E-state index in [0.717, 1.165) is 56.9 Å². The highest BCUT2D eigenvalue weighted by atomic mass is 16.5. The van der Waals surface area contributed by atoms with Gasteiger partial charge in [-0.15, -0.1) is 0 Å². The van der Waals surface area contributed by atoms with Gasteiger partial charge >= 0.3 is 17.9 Å². The number of rotatable bonds is 18. The van der Waals surface area contributed by atoms with Crippen LogP contribution in [-0.4, -0.2) is 31.1 Å². The van der Waals surface area contributed by atoms with Gasteiger partial charge in [0.25, 0.3) is 0 Å². The van der Waals surface area contributed by atoms with Crippen LogP contribution in [0.5, 0.6) is 5.75 Å². The quantitative estimate of drug-likeness (QED) is 0.0503. The van der Waals surface area contributed by atoms with Crippen molar-refractivity contribution in [1.82, 2.24) is 0 Å². The zero-order valence-electron chi connectivity index (χ0n) is 25.6. The Morgan fingerprint density at radius 2 is 1.23 bits per heavy atom. The molecule has 0 aromatic heterocycles. The van der Waals surface area contributed by atoms with Gasteiger partial charge < -0.3 is 25.7 Å². The molecule has 0 saturated carbocycles. The number of hydrogen-bond donors (Lipinski definition) is 2. The predicted molar refractivity (Wildman–Crippen MR) is 174 cm³/mol. The van der Waals surface area contributed by atoms with E-state index in [2.05, 4.69) is 6.92 Å². The summed E-state index contributed by atoms with van der Waals surface area (Å²) in [5, 5.41) is 0. The van der Waals surface area contributed by atoms with Crippen LogP contribution in [0, 0.1) is 0 Å². The van der Waals surface area contributed by atoms with Crippen LogP contribution in [0.1, 0.15) is 96.6 Å². The highest BCUT2D eigenvalue weighted by Gasteiger charge is 2.09. The highest BCUT2D eigenvalue weighted by molar-refractivity contribution is 5.92. The molecule has 0 amide bonds. The first-order valence-electron chi connectivity index (χ1n) is 15.4. The fourth-order valence-electron chi connectivity index (χ4n) is 4.55. The molecule has 0 heterocycles. The summed E-state index contributed by atoms with van der Waals surface area (Å²) in [5.41, 5.74) is 15.1. The van der Waals surface area contributed by atoms with E-state index >= 15 is 0 Å². The van der Waals surface area contributed by atoms with E-state index in [1.165, 1.54) is 24.5 Å². The zero-order valence-corrected chi connectivity index (χ0v) is 25.6. The van der Waals surface area contributed by atoms with Crippen molar-refractivity contribution in [2.24, 2.45) is 0 Å². The Labute approximate surface area is 260 Å². The third kappa shape index (κ3) is 12.7. The third-order valence-corrected chi connectivity index (χ3v) is 6.99. The number of anilines is 2. The van der Waals surface area contributed by atoms with Gasteiger partial charge in [-0.1, -0.05) is 69.7 Å². The second kappa shape index (κ2) is 18.8. The molecular weight excluding hydrogens is 556 g/mol. The topological polar surface area (TPSA) is 131 Å². The number of nitrogens with two attached hydrogens (primary N) is 2. The molecule has 234 valence electrons. The van der Waals surface area contributed by atoms with E-state index in [9.17, 15) is 14.4 Å². The second-order valence-electron chi connectivity index (χ2n) is 10.8.